The second-order valence-electron chi connectivity index (χ2n) is 3.13. The third kappa shape index (κ3) is 3.04. The van der Waals surface area contributed by atoms with Crippen LogP contribution in [0.4, 0.5) is 0 Å². The Labute approximate surface area is 69.3 Å². The van der Waals surface area contributed by atoms with Crippen LogP contribution in [0, 0.1) is 0 Å². The normalized spacial score (nSPS) is 20.1. The summed E-state index contributed by atoms with van der Waals surface area (Å²) >= 11 is 0. The van der Waals surface area contributed by atoms with E-state index in [9.17, 15) is 0 Å². The SMILES string of the molecule is C=C(CC)CN1CCNCC1. The summed E-state index contributed by atoms with van der Waals surface area (Å²) in [5.41, 5.74) is 1.35. The molecule has 1 fully saturated rings. The fraction of sp³-hybridized carbons (Fsp3) is 0.778. The zero-order valence-electron chi connectivity index (χ0n) is 7.40. The molecule has 1 aliphatic heterocycles. The summed E-state index contributed by atoms with van der Waals surface area (Å²) in [7, 11) is 0. The Kier molecular flexibility index (Phi) is 3.60. The maximum Gasteiger partial charge on any atom is 0.0191 e. The number of rotatable bonds is 3. The highest BCUT2D eigenvalue weighted by Crippen LogP contribution is 2.01. The van der Waals surface area contributed by atoms with Gasteiger partial charge in [-0.3, -0.25) is 4.90 Å². The Bertz CT molecular complexity index is 126. The van der Waals surface area contributed by atoms with Crippen LogP contribution in [0.25, 0.3) is 0 Å². The molecule has 1 N–H and O–H groups in total. The topological polar surface area (TPSA) is 15.3 Å². The Morgan fingerprint density at radius 2 is 2.09 bits per heavy atom. The van der Waals surface area contributed by atoms with Crippen LogP contribution >= 0.6 is 0 Å². The maximum atomic E-state index is 4.01. The molecule has 0 radical (unpaired) electrons. The molecule has 64 valence electrons. The van der Waals surface area contributed by atoms with Crippen molar-refractivity contribution in [3.63, 3.8) is 0 Å². The first-order valence-electron chi connectivity index (χ1n) is 4.42. The van der Waals surface area contributed by atoms with Crippen LogP contribution in [0.1, 0.15) is 13.3 Å². The number of piperazine rings is 1. The number of hydrogen-bond donors (Lipinski definition) is 1. The van der Waals surface area contributed by atoms with E-state index in [2.05, 4.69) is 23.7 Å². The van der Waals surface area contributed by atoms with Crippen LogP contribution in [0.2, 0.25) is 0 Å². The molecule has 1 heterocycles. The van der Waals surface area contributed by atoms with Crippen molar-refractivity contribution in [1.82, 2.24) is 10.2 Å². The highest BCUT2D eigenvalue weighted by atomic mass is 15.2. The van der Waals surface area contributed by atoms with Gasteiger partial charge in [0.15, 0.2) is 0 Å². The van der Waals surface area contributed by atoms with Crippen molar-refractivity contribution in [2.75, 3.05) is 32.7 Å². The number of hydrogen-bond acceptors (Lipinski definition) is 2. The van der Waals surface area contributed by atoms with E-state index in [1.54, 1.807) is 0 Å². The number of nitrogens with zero attached hydrogens (tertiary/aromatic N) is 1. The lowest BCUT2D eigenvalue weighted by Gasteiger charge is -2.27. The molecular formula is C9H18N2. The molecule has 1 aliphatic rings. The molecule has 0 amide bonds. The summed E-state index contributed by atoms with van der Waals surface area (Å²) < 4.78 is 0. The fourth-order valence-corrected chi connectivity index (χ4v) is 1.30. The molecule has 2 nitrogen and oxygen atoms in total. The van der Waals surface area contributed by atoms with Crippen LogP contribution in [0.15, 0.2) is 12.2 Å². The van der Waals surface area contributed by atoms with Gasteiger partial charge in [0.05, 0.1) is 0 Å². The lowest BCUT2D eigenvalue weighted by atomic mass is 10.2. The van der Waals surface area contributed by atoms with Gasteiger partial charge in [-0.05, 0) is 6.42 Å². The summed E-state index contributed by atoms with van der Waals surface area (Å²) in [6.45, 7) is 11.9. The van der Waals surface area contributed by atoms with E-state index in [1.165, 1.54) is 18.7 Å². The molecule has 0 aromatic heterocycles. The average Bonchev–Trinajstić information content (AvgIpc) is 2.06. The molecule has 1 saturated heterocycles. The summed E-state index contributed by atoms with van der Waals surface area (Å²) in [6.07, 6.45) is 1.12. The van der Waals surface area contributed by atoms with Crippen molar-refractivity contribution in [3.05, 3.63) is 12.2 Å². The molecule has 0 unspecified atom stereocenters. The van der Waals surface area contributed by atoms with Gasteiger partial charge in [-0.2, -0.15) is 0 Å². The van der Waals surface area contributed by atoms with E-state index in [0.717, 1.165) is 26.1 Å². The maximum absolute atomic E-state index is 4.01. The van der Waals surface area contributed by atoms with Gasteiger partial charge in [-0.15, -0.1) is 0 Å². The van der Waals surface area contributed by atoms with Crippen molar-refractivity contribution in [2.24, 2.45) is 0 Å². The lowest BCUT2D eigenvalue weighted by molar-refractivity contribution is 0.258. The molecule has 0 aliphatic carbocycles. The van der Waals surface area contributed by atoms with Gasteiger partial charge >= 0.3 is 0 Å². The van der Waals surface area contributed by atoms with E-state index in [1.807, 2.05) is 0 Å². The smallest absolute Gasteiger partial charge is 0.0191 e. The number of nitrogens with one attached hydrogen (secondary N) is 1. The van der Waals surface area contributed by atoms with E-state index < -0.39 is 0 Å². The molecule has 11 heavy (non-hydrogen) atoms. The van der Waals surface area contributed by atoms with Crippen LogP contribution in [0.3, 0.4) is 0 Å². The molecule has 0 saturated carbocycles. The second kappa shape index (κ2) is 4.52. The molecule has 0 bridgehead atoms. The van der Waals surface area contributed by atoms with Crippen molar-refractivity contribution in [1.29, 1.82) is 0 Å². The summed E-state index contributed by atoms with van der Waals surface area (Å²) in [4.78, 5) is 2.46. The highest BCUT2D eigenvalue weighted by Gasteiger charge is 2.08. The third-order valence-corrected chi connectivity index (χ3v) is 2.16. The van der Waals surface area contributed by atoms with E-state index in [-0.39, 0.29) is 0 Å². The zero-order chi connectivity index (χ0) is 8.10. The highest BCUT2D eigenvalue weighted by molar-refractivity contribution is 4.96. The zero-order valence-corrected chi connectivity index (χ0v) is 7.40. The average molecular weight is 154 g/mol. The molecule has 0 atom stereocenters. The quantitative estimate of drug-likeness (QED) is 0.606. The predicted octanol–water partition coefficient (Wildman–Crippen LogP) is 0.858. The Morgan fingerprint density at radius 1 is 1.45 bits per heavy atom. The molecule has 2 heteroatoms. The first-order chi connectivity index (χ1) is 5.33. The van der Waals surface area contributed by atoms with E-state index >= 15 is 0 Å². The minimum atomic E-state index is 1.10. The molecule has 0 aromatic carbocycles. The van der Waals surface area contributed by atoms with Crippen molar-refractivity contribution < 1.29 is 0 Å². The molecule has 0 aromatic rings. The lowest BCUT2D eigenvalue weighted by Crippen LogP contribution is -2.44. The standard InChI is InChI=1S/C9H18N2/c1-3-9(2)8-11-6-4-10-5-7-11/h10H,2-8H2,1H3. The summed E-state index contributed by atoms with van der Waals surface area (Å²) in [5.74, 6) is 0. The molecular weight excluding hydrogens is 136 g/mol. The first-order valence-corrected chi connectivity index (χ1v) is 4.42. The molecule has 1 rings (SSSR count). The Balaban J connectivity index is 2.19. The molecule has 0 spiro atoms. The first kappa shape index (κ1) is 8.75. The Hall–Kier alpha value is -0.340. The van der Waals surface area contributed by atoms with Crippen molar-refractivity contribution in [3.8, 4) is 0 Å². The van der Waals surface area contributed by atoms with Gasteiger partial charge in [-0.25, -0.2) is 0 Å². The van der Waals surface area contributed by atoms with Gasteiger partial charge < -0.3 is 5.32 Å². The minimum Gasteiger partial charge on any atom is -0.314 e. The summed E-state index contributed by atoms with van der Waals surface area (Å²) in [6, 6.07) is 0. The predicted molar refractivity (Wildman–Crippen MR) is 48.7 cm³/mol. The van der Waals surface area contributed by atoms with Gasteiger partial charge in [-0.1, -0.05) is 19.1 Å². The minimum absolute atomic E-state index is 1.10. The van der Waals surface area contributed by atoms with Gasteiger partial charge in [0, 0.05) is 32.7 Å². The van der Waals surface area contributed by atoms with Crippen molar-refractivity contribution in [2.45, 2.75) is 13.3 Å². The van der Waals surface area contributed by atoms with E-state index in [0.29, 0.717) is 0 Å². The van der Waals surface area contributed by atoms with Crippen LogP contribution in [-0.2, 0) is 0 Å². The Morgan fingerprint density at radius 3 is 2.64 bits per heavy atom. The van der Waals surface area contributed by atoms with Crippen LogP contribution in [0.5, 0.6) is 0 Å². The third-order valence-electron chi connectivity index (χ3n) is 2.16. The fourth-order valence-electron chi connectivity index (χ4n) is 1.30. The van der Waals surface area contributed by atoms with Gasteiger partial charge in [0.25, 0.3) is 0 Å². The van der Waals surface area contributed by atoms with Crippen molar-refractivity contribution >= 4 is 0 Å². The van der Waals surface area contributed by atoms with Crippen LogP contribution in [-0.4, -0.2) is 37.6 Å². The van der Waals surface area contributed by atoms with E-state index in [4.69, 9.17) is 0 Å². The van der Waals surface area contributed by atoms with Crippen LogP contribution < -0.4 is 5.32 Å². The summed E-state index contributed by atoms with van der Waals surface area (Å²) in [5, 5.41) is 3.33. The monoisotopic (exact) mass is 154 g/mol. The van der Waals surface area contributed by atoms with Gasteiger partial charge in [0.2, 0.25) is 0 Å². The van der Waals surface area contributed by atoms with Gasteiger partial charge in [0.1, 0.15) is 0 Å². The second-order valence-corrected chi connectivity index (χ2v) is 3.13. The largest absolute Gasteiger partial charge is 0.314 e.